The number of amides is 1. The second-order valence-electron chi connectivity index (χ2n) is 8.29. The minimum Gasteiger partial charge on any atom is -0.468 e. The highest BCUT2D eigenvalue weighted by molar-refractivity contribution is 6.30. The number of carbonyl (C=O) groups excluding carboxylic acids is 2. The molecule has 6 heteroatoms. The molecule has 3 aromatic rings. The van der Waals surface area contributed by atoms with Gasteiger partial charge >= 0.3 is 5.97 Å². The zero-order valence-corrected chi connectivity index (χ0v) is 19.2. The lowest BCUT2D eigenvalue weighted by molar-refractivity contribution is -0.146. The summed E-state index contributed by atoms with van der Waals surface area (Å²) in [5.74, 6) is -0.798. The number of rotatable bonds is 7. The molecule has 1 saturated heterocycles. The summed E-state index contributed by atoms with van der Waals surface area (Å²) in [5, 5.41) is 3.85. The molecule has 4 rings (SSSR count). The van der Waals surface area contributed by atoms with Crippen LogP contribution in [0, 0.1) is 0 Å². The first-order valence-electron chi connectivity index (χ1n) is 11.0. The third-order valence-corrected chi connectivity index (χ3v) is 6.26. The van der Waals surface area contributed by atoms with Crippen LogP contribution in [0.4, 0.5) is 0 Å². The summed E-state index contributed by atoms with van der Waals surface area (Å²) in [7, 11) is 1.40. The average molecular weight is 463 g/mol. The van der Waals surface area contributed by atoms with Crippen LogP contribution in [0.15, 0.2) is 84.9 Å². The molecule has 3 aromatic carbocycles. The molecule has 0 aromatic heterocycles. The average Bonchev–Trinajstić information content (AvgIpc) is 3.22. The minimum absolute atomic E-state index is 0.0781. The number of halogens is 1. The SMILES string of the molecule is COC(=O)[C@@H]1C[C@@H](NC(=O)C(c2ccccc2)c2ccccc2)CN1Cc1cccc(Cl)c1. The summed E-state index contributed by atoms with van der Waals surface area (Å²) >= 11 is 6.14. The highest BCUT2D eigenvalue weighted by atomic mass is 35.5. The van der Waals surface area contributed by atoms with E-state index < -0.39 is 12.0 Å². The minimum atomic E-state index is -0.425. The zero-order valence-electron chi connectivity index (χ0n) is 18.5. The predicted octanol–water partition coefficient (Wildman–Crippen LogP) is 4.40. The monoisotopic (exact) mass is 462 g/mol. The van der Waals surface area contributed by atoms with E-state index in [1.807, 2.05) is 89.8 Å². The maximum Gasteiger partial charge on any atom is 0.323 e. The van der Waals surface area contributed by atoms with Gasteiger partial charge in [-0.05, 0) is 35.2 Å². The first kappa shape index (κ1) is 23.0. The van der Waals surface area contributed by atoms with Gasteiger partial charge in [0.15, 0.2) is 0 Å². The van der Waals surface area contributed by atoms with Crippen molar-refractivity contribution in [1.82, 2.24) is 10.2 Å². The number of carbonyl (C=O) groups is 2. The van der Waals surface area contributed by atoms with Gasteiger partial charge in [-0.15, -0.1) is 0 Å². The maximum atomic E-state index is 13.5. The topological polar surface area (TPSA) is 58.6 Å². The fourth-order valence-corrected chi connectivity index (χ4v) is 4.72. The third-order valence-electron chi connectivity index (χ3n) is 6.03. The smallest absolute Gasteiger partial charge is 0.323 e. The Balaban J connectivity index is 1.53. The van der Waals surface area contributed by atoms with E-state index in [4.69, 9.17) is 16.3 Å². The molecule has 1 fully saturated rings. The quantitative estimate of drug-likeness (QED) is 0.528. The van der Waals surface area contributed by atoms with Crippen molar-refractivity contribution in [1.29, 1.82) is 0 Å². The molecule has 0 saturated carbocycles. The van der Waals surface area contributed by atoms with Crippen LogP contribution >= 0.6 is 11.6 Å². The Bertz CT molecular complexity index is 1050. The molecule has 1 heterocycles. The second-order valence-corrected chi connectivity index (χ2v) is 8.73. The molecule has 170 valence electrons. The molecule has 1 amide bonds. The Morgan fingerprint density at radius 2 is 1.64 bits per heavy atom. The van der Waals surface area contributed by atoms with Gasteiger partial charge in [-0.25, -0.2) is 0 Å². The summed E-state index contributed by atoms with van der Waals surface area (Å²) in [5.41, 5.74) is 2.87. The third kappa shape index (κ3) is 5.62. The van der Waals surface area contributed by atoms with Crippen molar-refractivity contribution in [2.45, 2.75) is 31.0 Å². The number of nitrogens with one attached hydrogen (secondary N) is 1. The summed E-state index contributed by atoms with van der Waals surface area (Å²) in [6, 6.07) is 26.5. The van der Waals surface area contributed by atoms with Gasteiger partial charge in [-0.1, -0.05) is 84.4 Å². The molecule has 0 unspecified atom stereocenters. The Morgan fingerprint density at radius 1 is 1.00 bits per heavy atom. The number of nitrogens with zero attached hydrogens (tertiary/aromatic N) is 1. The molecule has 1 aliphatic rings. The van der Waals surface area contributed by atoms with Crippen LogP contribution in [0.25, 0.3) is 0 Å². The Morgan fingerprint density at radius 3 is 2.21 bits per heavy atom. The van der Waals surface area contributed by atoms with E-state index in [1.165, 1.54) is 7.11 Å². The molecule has 0 bridgehead atoms. The van der Waals surface area contributed by atoms with Gasteiger partial charge < -0.3 is 10.1 Å². The lowest BCUT2D eigenvalue weighted by Crippen LogP contribution is -2.40. The van der Waals surface area contributed by atoms with Gasteiger partial charge in [-0.2, -0.15) is 0 Å². The molecule has 1 aliphatic heterocycles. The van der Waals surface area contributed by atoms with Gasteiger partial charge in [0, 0.05) is 24.2 Å². The molecule has 5 nitrogen and oxygen atoms in total. The van der Waals surface area contributed by atoms with Crippen molar-refractivity contribution >= 4 is 23.5 Å². The normalized spacial score (nSPS) is 18.3. The predicted molar refractivity (Wildman–Crippen MR) is 129 cm³/mol. The number of benzene rings is 3. The number of hydrogen-bond donors (Lipinski definition) is 1. The largest absolute Gasteiger partial charge is 0.468 e. The number of methoxy groups -OCH3 is 1. The highest BCUT2D eigenvalue weighted by Gasteiger charge is 2.39. The first-order chi connectivity index (χ1) is 16.0. The van der Waals surface area contributed by atoms with Crippen LogP contribution in [0.3, 0.4) is 0 Å². The fourth-order valence-electron chi connectivity index (χ4n) is 4.50. The van der Waals surface area contributed by atoms with E-state index in [1.54, 1.807) is 0 Å². The van der Waals surface area contributed by atoms with E-state index in [-0.39, 0.29) is 17.9 Å². The number of esters is 1. The number of ether oxygens (including phenoxy) is 1. The van der Waals surface area contributed by atoms with Crippen LogP contribution < -0.4 is 5.32 Å². The molecule has 2 atom stereocenters. The molecular formula is C27H27ClN2O3. The van der Waals surface area contributed by atoms with Gasteiger partial charge in [0.1, 0.15) is 6.04 Å². The van der Waals surface area contributed by atoms with Crippen molar-refractivity contribution in [3.05, 3.63) is 107 Å². The lowest BCUT2D eigenvalue weighted by atomic mass is 9.90. The van der Waals surface area contributed by atoms with Crippen molar-refractivity contribution < 1.29 is 14.3 Å². The standard InChI is InChI=1S/C27H27ClN2O3/c1-33-27(32)24-16-23(18-30(24)17-19-9-8-14-22(28)15-19)29-26(31)25(20-10-4-2-5-11-20)21-12-6-3-7-13-21/h2-15,23-25H,16-18H2,1H3,(H,29,31)/t23-,24+/m1/s1. The van der Waals surface area contributed by atoms with Gasteiger partial charge in [0.25, 0.3) is 0 Å². The highest BCUT2D eigenvalue weighted by Crippen LogP contribution is 2.27. The summed E-state index contributed by atoms with van der Waals surface area (Å²) < 4.78 is 5.05. The van der Waals surface area contributed by atoms with Gasteiger partial charge in [0.05, 0.1) is 13.0 Å². The van der Waals surface area contributed by atoms with E-state index in [0.717, 1.165) is 16.7 Å². The van der Waals surface area contributed by atoms with Crippen LogP contribution in [-0.4, -0.2) is 42.5 Å². The van der Waals surface area contributed by atoms with Gasteiger partial charge in [-0.3, -0.25) is 14.5 Å². The molecule has 0 radical (unpaired) electrons. The Kier molecular flexibility index (Phi) is 7.43. The van der Waals surface area contributed by atoms with E-state index in [9.17, 15) is 9.59 Å². The number of likely N-dealkylation sites (tertiary alicyclic amines) is 1. The lowest BCUT2D eigenvalue weighted by Gasteiger charge is -2.22. The van der Waals surface area contributed by atoms with Crippen LogP contribution in [0.5, 0.6) is 0 Å². The Labute approximate surface area is 199 Å². The van der Waals surface area contributed by atoms with Crippen LogP contribution in [0.1, 0.15) is 29.0 Å². The van der Waals surface area contributed by atoms with Crippen molar-refractivity contribution in [2.24, 2.45) is 0 Å². The van der Waals surface area contributed by atoms with E-state index in [2.05, 4.69) is 5.32 Å². The fraction of sp³-hybridized carbons (Fsp3) is 0.259. The molecule has 33 heavy (non-hydrogen) atoms. The first-order valence-corrected chi connectivity index (χ1v) is 11.4. The van der Waals surface area contributed by atoms with Crippen LogP contribution in [-0.2, 0) is 20.9 Å². The van der Waals surface area contributed by atoms with Crippen LogP contribution in [0.2, 0.25) is 5.02 Å². The van der Waals surface area contributed by atoms with Crippen molar-refractivity contribution in [3.63, 3.8) is 0 Å². The van der Waals surface area contributed by atoms with Crippen molar-refractivity contribution in [3.8, 4) is 0 Å². The van der Waals surface area contributed by atoms with Gasteiger partial charge in [0.2, 0.25) is 5.91 Å². The molecule has 0 aliphatic carbocycles. The molecule has 1 N–H and O–H groups in total. The summed E-state index contributed by atoms with van der Waals surface area (Å²) in [6.45, 7) is 1.10. The second kappa shape index (κ2) is 10.6. The number of hydrogen-bond acceptors (Lipinski definition) is 4. The molecule has 0 spiro atoms. The summed E-state index contributed by atoms with van der Waals surface area (Å²) in [4.78, 5) is 28.0. The molecular weight excluding hydrogens is 436 g/mol. The maximum absolute atomic E-state index is 13.5. The zero-order chi connectivity index (χ0) is 23.2. The Hall–Kier alpha value is -3.15. The van der Waals surface area contributed by atoms with Crippen molar-refractivity contribution in [2.75, 3.05) is 13.7 Å². The summed E-state index contributed by atoms with van der Waals surface area (Å²) in [6.07, 6.45) is 0.495. The van der Waals surface area contributed by atoms with E-state index >= 15 is 0 Å². The van der Waals surface area contributed by atoms with E-state index in [0.29, 0.717) is 24.5 Å².